The highest BCUT2D eigenvalue weighted by molar-refractivity contribution is 14.1. The van der Waals surface area contributed by atoms with E-state index in [0.717, 1.165) is 31.7 Å². The van der Waals surface area contributed by atoms with Crippen LogP contribution in [-0.4, -0.2) is 33.9 Å². The van der Waals surface area contributed by atoms with Gasteiger partial charge in [-0.25, -0.2) is 4.98 Å². The van der Waals surface area contributed by atoms with Gasteiger partial charge in [0.25, 0.3) is 0 Å². The largest absolute Gasteiger partial charge is 0.367 e. The summed E-state index contributed by atoms with van der Waals surface area (Å²) in [6.45, 7) is 4.24. The number of para-hydroxylation sites is 1. The Kier molecular flexibility index (Phi) is 2.72. The molecule has 16 heavy (non-hydrogen) atoms. The molecular formula is C11H13IN4. The summed E-state index contributed by atoms with van der Waals surface area (Å²) in [5, 5.41) is 3.37. The summed E-state index contributed by atoms with van der Waals surface area (Å²) >= 11 is 2.26. The Morgan fingerprint density at radius 1 is 1.25 bits per heavy atom. The number of nitrogens with zero attached hydrogens (tertiary/aromatic N) is 3. The SMILES string of the molecule is In1cnc2c(N3CCNCC3)cccc21. The molecule has 0 atom stereocenters. The number of fused-ring (bicyclic) bond motifs is 1. The second-order valence-corrected chi connectivity index (χ2v) is 4.98. The zero-order valence-electron chi connectivity index (χ0n) is 8.86. The highest BCUT2D eigenvalue weighted by Crippen LogP contribution is 2.26. The smallest absolute Gasteiger partial charge is 0.113 e. The quantitative estimate of drug-likeness (QED) is 0.808. The maximum atomic E-state index is 4.49. The van der Waals surface area contributed by atoms with Crippen LogP contribution in [0.2, 0.25) is 0 Å². The van der Waals surface area contributed by atoms with Gasteiger partial charge >= 0.3 is 0 Å². The van der Waals surface area contributed by atoms with Gasteiger partial charge in [-0.15, -0.1) is 0 Å². The van der Waals surface area contributed by atoms with Crippen LogP contribution < -0.4 is 10.2 Å². The third kappa shape index (κ3) is 1.67. The number of halogens is 1. The van der Waals surface area contributed by atoms with Crippen molar-refractivity contribution in [2.75, 3.05) is 31.1 Å². The van der Waals surface area contributed by atoms with E-state index in [2.05, 4.69) is 56.3 Å². The lowest BCUT2D eigenvalue weighted by Gasteiger charge is -2.29. The monoisotopic (exact) mass is 328 g/mol. The number of piperazine rings is 1. The van der Waals surface area contributed by atoms with Crippen molar-refractivity contribution in [3.8, 4) is 0 Å². The fraction of sp³-hybridized carbons (Fsp3) is 0.364. The first-order chi connectivity index (χ1) is 7.86. The van der Waals surface area contributed by atoms with E-state index < -0.39 is 0 Å². The molecule has 0 radical (unpaired) electrons. The van der Waals surface area contributed by atoms with E-state index in [1.165, 1.54) is 11.2 Å². The zero-order chi connectivity index (χ0) is 11.0. The number of hydrogen-bond donors (Lipinski definition) is 1. The molecule has 0 saturated carbocycles. The minimum absolute atomic E-state index is 1.06. The van der Waals surface area contributed by atoms with Crippen LogP contribution in [0.25, 0.3) is 11.0 Å². The third-order valence-electron chi connectivity index (χ3n) is 2.97. The first kappa shape index (κ1) is 10.3. The molecule has 1 aliphatic rings. The number of benzene rings is 1. The molecule has 1 fully saturated rings. The van der Waals surface area contributed by atoms with Crippen LogP contribution in [0.15, 0.2) is 24.5 Å². The van der Waals surface area contributed by atoms with E-state index in [1.807, 2.05) is 9.11 Å². The Morgan fingerprint density at radius 3 is 2.88 bits per heavy atom. The van der Waals surface area contributed by atoms with Crippen LogP contribution in [-0.2, 0) is 0 Å². The molecule has 0 unspecified atom stereocenters. The van der Waals surface area contributed by atoms with E-state index in [-0.39, 0.29) is 0 Å². The van der Waals surface area contributed by atoms with Crippen LogP contribution in [0.3, 0.4) is 0 Å². The standard InChI is InChI=1S/C11H13IN4/c12-16-8-14-11-9(2-1-3-10(11)16)15-6-4-13-5-7-15/h1-3,8,13H,4-7H2. The molecule has 4 nitrogen and oxygen atoms in total. The number of imidazole rings is 1. The van der Waals surface area contributed by atoms with Crippen LogP contribution in [0, 0.1) is 0 Å². The van der Waals surface area contributed by atoms with Gasteiger partial charge in [-0.1, -0.05) is 6.07 Å². The van der Waals surface area contributed by atoms with Crippen LogP contribution in [0.5, 0.6) is 0 Å². The van der Waals surface area contributed by atoms with Crippen molar-refractivity contribution in [3.63, 3.8) is 0 Å². The third-order valence-corrected chi connectivity index (χ3v) is 3.74. The Labute approximate surface area is 108 Å². The molecule has 1 aromatic heterocycles. The molecule has 1 N–H and O–H groups in total. The first-order valence-electron chi connectivity index (χ1n) is 5.44. The fourth-order valence-corrected chi connectivity index (χ4v) is 2.67. The second kappa shape index (κ2) is 4.21. The molecule has 1 aliphatic heterocycles. The van der Waals surface area contributed by atoms with Crippen molar-refractivity contribution in [2.24, 2.45) is 0 Å². The summed E-state index contributed by atoms with van der Waals surface area (Å²) < 4.78 is 2.04. The van der Waals surface area contributed by atoms with Gasteiger partial charge in [-0.05, 0) is 12.1 Å². The molecule has 0 amide bonds. The topological polar surface area (TPSA) is 33.1 Å². The number of anilines is 1. The van der Waals surface area contributed by atoms with Gasteiger partial charge in [0, 0.05) is 26.2 Å². The number of nitrogens with one attached hydrogen (secondary N) is 1. The van der Waals surface area contributed by atoms with Crippen molar-refractivity contribution in [1.82, 2.24) is 13.1 Å². The van der Waals surface area contributed by atoms with E-state index >= 15 is 0 Å². The Morgan fingerprint density at radius 2 is 2.06 bits per heavy atom. The van der Waals surface area contributed by atoms with Crippen LogP contribution >= 0.6 is 22.9 Å². The number of rotatable bonds is 1. The molecule has 2 heterocycles. The van der Waals surface area contributed by atoms with Gasteiger partial charge in [-0.2, -0.15) is 0 Å². The molecule has 2 aromatic rings. The van der Waals surface area contributed by atoms with Crippen molar-refractivity contribution in [2.45, 2.75) is 0 Å². The van der Waals surface area contributed by atoms with Crippen molar-refractivity contribution in [1.29, 1.82) is 0 Å². The highest BCUT2D eigenvalue weighted by atomic mass is 127. The predicted octanol–water partition coefficient (Wildman–Crippen LogP) is 1.64. The van der Waals surface area contributed by atoms with Crippen LogP contribution in [0.1, 0.15) is 0 Å². The summed E-state index contributed by atoms with van der Waals surface area (Å²) in [5.41, 5.74) is 3.56. The predicted molar refractivity (Wildman–Crippen MR) is 74.2 cm³/mol. The van der Waals surface area contributed by atoms with E-state index in [1.54, 1.807) is 0 Å². The summed E-state index contributed by atoms with van der Waals surface area (Å²) in [6.07, 6.45) is 1.87. The molecule has 0 spiro atoms. The molecule has 1 saturated heterocycles. The van der Waals surface area contributed by atoms with Gasteiger partial charge in [0.2, 0.25) is 0 Å². The number of aromatic nitrogens is 2. The van der Waals surface area contributed by atoms with E-state index in [0.29, 0.717) is 0 Å². The van der Waals surface area contributed by atoms with Gasteiger partial charge < -0.3 is 10.2 Å². The minimum atomic E-state index is 1.06. The molecule has 3 rings (SSSR count). The Bertz CT molecular complexity index is 502. The van der Waals surface area contributed by atoms with Gasteiger partial charge in [0.15, 0.2) is 0 Å². The maximum Gasteiger partial charge on any atom is 0.113 e. The van der Waals surface area contributed by atoms with Crippen molar-refractivity contribution in [3.05, 3.63) is 24.5 Å². The summed E-state index contributed by atoms with van der Waals surface area (Å²) in [4.78, 5) is 6.89. The van der Waals surface area contributed by atoms with E-state index in [9.17, 15) is 0 Å². The van der Waals surface area contributed by atoms with Crippen molar-refractivity contribution >= 4 is 39.6 Å². The van der Waals surface area contributed by atoms with Gasteiger partial charge in [0.1, 0.15) is 11.8 Å². The number of hydrogen-bond acceptors (Lipinski definition) is 3. The molecule has 0 aliphatic carbocycles. The molecule has 1 aromatic carbocycles. The van der Waals surface area contributed by atoms with Crippen LogP contribution in [0.4, 0.5) is 5.69 Å². The minimum Gasteiger partial charge on any atom is -0.367 e. The van der Waals surface area contributed by atoms with Gasteiger partial charge in [0.05, 0.1) is 34.1 Å². The first-order valence-corrected chi connectivity index (χ1v) is 6.40. The molecule has 0 bridgehead atoms. The molecule has 5 heteroatoms. The average Bonchev–Trinajstić information content (AvgIpc) is 2.73. The molecule has 84 valence electrons. The lowest BCUT2D eigenvalue weighted by Crippen LogP contribution is -2.43. The lowest BCUT2D eigenvalue weighted by molar-refractivity contribution is 0.590. The summed E-state index contributed by atoms with van der Waals surface area (Å²) in [7, 11) is 0. The fourth-order valence-electron chi connectivity index (χ4n) is 2.16. The zero-order valence-corrected chi connectivity index (χ0v) is 11.0. The highest BCUT2D eigenvalue weighted by Gasteiger charge is 2.14. The Balaban J connectivity index is 2.08. The van der Waals surface area contributed by atoms with Gasteiger partial charge in [-0.3, -0.25) is 2.78 Å². The average molecular weight is 328 g/mol. The second-order valence-electron chi connectivity index (χ2n) is 3.94. The Hall–Kier alpha value is -0.820. The summed E-state index contributed by atoms with van der Waals surface area (Å²) in [5.74, 6) is 0. The maximum absolute atomic E-state index is 4.49. The summed E-state index contributed by atoms with van der Waals surface area (Å²) in [6, 6.07) is 6.38. The normalized spacial score (nSPS) is 16.9. The van der Waals surface area contributed by atoms with Crippen molar-refractivity contribution < 1.29 is 0 Å². The van der Waals surface area contributed by atoms with E-state index in [4.69, 9.17) is 0 Å². The lowest BCUT2D eigenvalue weighted by atomic mass is 10.2. The molecular weight excluding hydrogens is 315 g/mol.